The number of aliphatic carboxylic acids is 1. The Kier molecular flexibility index (Phi) is 2.14. The summed E-state index contributed by atoms with van der Waals surface area (Å²) in [5, 5.41) is 10.3. The minimum absolute atomic E-state index is 0.124. The van der Waals surface area contributed by atoms with E-state index in [4.69, 9.17) is 5.11 Å². The summed E-state index contributed by atoms with van der Waals surface area (Å²) in [4.78, 5) is 10.3. The van der Waals surface area contributed by atoms with Crippen molar-refractivity contribution < 1.29 is 9.90 Å². The molecule has 0 bridgehead atoms. The summed E-state index contributed by atoms with van der Waals surface area (Å²) in [7, 11) is 1.85. The molecular weight excluding hydrogens is 144 g/mol. The average Bonchev–Trinajstić information content (AvgIpc) is 2.09. The molecule has 0 aromatic carbocycles. The normalized spacial score (nSPS) is 23.6. The third-order valence-corrected chi connectivity index (χ3v) is 1.67. The van der Waals surface area contributed by atoms with Gasteiger partial charge in [-0.25, -0.2) is 5.43 Å². The molecule has 1 heterocycles. The van der Waals surface area contributed by atoms with Gasteiger partial charge in [0.25, 0.3) is 0 Å². The van der Waals surface area contributed by atoms with Gasteiger partial charge in [0.15, 0.2) is 0 Å². The molecule has 1 unspecified atom stereocenters. The Morgan fingerprint density at radius 2 is 2.55 bits per heavy atom. The van der Waals surface area contributed by atoms with Crippen molar-refractivity contribution in [2.45, 2.75) is 19.4 Å². The van der Waals surface area contributed by atoms with Crippen molar-refractivity contribution in [3.63, 3.8) is 0 Å². The Bertz CT molecular complexity index is 201. The summed E-state index contributed by atoms with van der Waals surface area (Å²) in [6.07, 6.45) is 1.94. The Morgan fingerprint density at radius 1 is 1.91 bits per heavy atom. The summed E-state index contributed by atoms with van der Waals surface area (Å²) in [5.74, 6) is -0.778. The third kappa shape index (κ3) is 1.94. The van der Waals surface area contributed by atoms with Crippen LogP contribution in [0, 0.1) is 0 Å². The standard InChI is InChI=1S/C7H12N2O2/c1-5-6(3-7(10)11)4-9(2)8-5/h4-5,8H,3H2,1-2H3,(H,10,11). The van der Waals surface area contributed by atoms with E-state index in [2.05, 4.69) is 5.43 Å². The van der Waals surface area contributed by atoms with Crippen molar-refractivity contribution in [2.75, 3.05) is 7.05 Å². The number of rotatable bonds is 2. The molecule has 0 saturated heterocycles. The predicted octanol–water partition coefficient (Wildman–Crippen LogP) is 0.183. The lowest BCUT2D eigenvalue weighted by Gasteiger charge is -2.10. The Morgan fingerprint density at radius 3 is 2.91 bits per heavy atom. The summed E-state index contributed by atoms with van der Waals surface area (Å²) in [6.45, 7) is 1.94. The van der Waals surface area contributed by atoms with E-state index >= 15 is 0 Å². The number of carboxylic acid groups (broad SMARTS) is 1. The van der Waals surface area contributed by atoms with Crippen LogP contribution in [-0.2, 0) is 4.79 Å². The quantitative estimate of drug-likeness (QED) is 0.599. The van der Waals surface area contributed by atoms with Crippen LogP contribution in [0.25, 0.3) is 0 Å². The van der Waals surface area contributed by atoms with E-state index in [1.807, 2.05) is 20.2 Å². The lowest BCUT2D eigenvalue weighted by Crippen LogP contribution is -2.31. The van der Waals surface area contributed by atoms with Gasteiger partial charge < -0.3 is 10.1 Å². The number of hydrogen-bond donors (Lipinski definition) is 2. The summed E-state index contributed by atoms with van der Waals surface area (Å²) >= 11 is 0. The molecule has 0 amide bonds. The number of carboxylic acids is 1. The first-order valence-corrected chi connectivity index (χ1v) is 3.51. The maximum absolute atomic E-state index is 10.3. The zero-order valence-electron chi connectivity index (χ0n) is 6.66. The fraction of sp³-hybridized carbons (Fsp3) is 0.571. The molecule has 0 radical (unpaired) electrons. The number of carbonyl (C=O) groups is 1. The number of nitrogens with one attached hydrogen (secondary N) is 1. The molecule has 1 aliphatic rings. The molecule has 0 aromatic rings. The van der Waals surface area contributed by atoms with E-state index in [-0.39, 0.29) is 12.5 Å². The van der Waals surface area contributed by atoms with E-state index in [0.717, 1.165) is 5.57 Å². The topological polar surface area (TPSA) is 52.6 Å². The second-order valence-corrected chi connectivity index (χ2v) is 2.74. The van der Waals surface area contributed by atoms with E-state index in [1.165, 1.54) is 0 Å². The zero-order valence-corrected chi connectivity index (χ0v) is 6.66. The first-order valence-electron chi connectivity index (χ1n) is 3.51. The van der Waals surface area contributed by atoms with Gasteiger partial charge in [-0.1, -0.05) is 0 Å². The van der Waals surface area contributed by atoms with Crippen molar-refractivity contribution in [1.82, 2.24) is 10.4 Å². The number of hydrogen-bond acceptors (Lipinski definition) is 3. The Balaban J connectivity index is 2.57. The van der Waals surface area contributed by atoms with E-state index in [9.17, 15) is 4.79 Å². The summed E-state index contributed by atoms with van der Waals surface area (Å²) < 4.78 is 0. The Hall–Kier alpha value is -1.03. The minimum Gasteiger partial charge on any atom is -0.481 e. The van der Waals surface area contributed by atoms with Gasteiger partial charge in [-0.2, -0.15) is 0 Å². The van der Waals surface area contributed by atoms with Gasteiger partial charge in [-0.15, -0.1) is 0 Å². The van der Waals surface area contributed by atoms with Crippen LogP contribution in [0.5, 0.6) is 0 Å². The molecule has 0 spiro atoms. The molecule has 0 aliphatic carbocycles. The van der Waals surface area contributed by atoms with Crippen LogP contribution in [0.3, 0.4) is 0 Å². The highest BCUT2D eigenvalue weighted by molar-refractivity contribution is 5.70. The fourth-order valence-corrected chi connectivity index (χ4v) is 1.16. The van der Waals surface area contributed by atoms with Gasteiger partial charge in [0.1, 0.15) is 0 Å². The van der Waals surface area contributed by atoms with Gasteiger partial charge in [0.05, 0.1) is 6.42 Å². The van der Waals surface area contributed by atoms with Gasteiger partial charge in [-0.3, -0.25) is 4.79 Å². The van der Waals surface area contributed by atoms with Crippen molar-refractivity contribution >= 4 is 5.97 Å². The van der Waals surface area contributed by atoms with Crippen molar-refractivity contribution in [3.05, 3.63) is 11.8 Å². The Labute approximate surface area is 65.5 Å². The van der Waals surface area contributed by atoms with Crippen LogP contribution in [0.1, 0.15) is 13.3 Å². The van der Waals surface area contributed by atoms with Gasteiger partial charge in [0.2, 0.25) is 0 Å². The molecule has 1 rings (SSSR count). The fourth-order valence-electron chi connectivity index (χ4n) is 1.16. The molecule has 4 heteroatoms. The van der Waals surface area contributed by atoms with Crippen LogP contribution in [0.4, 0.5) is 0 Å². The highest BCUT2D eigenvalue weighted by atomic mass is 16.4. The summed E-state index contributed by atoms with van der Waals surface area (Å²) in [5.41, 5.74) is 3.97. The van der Waals surface area contributed by atoms with Crippen LogP contribution in [0.15, 0.2) is 11.8 Å². The van der Waals surface area contributed by atoms with Gasteiger partial charge in [0, 0.05) is 19.3 Å². The molecular formula is C7H12N2O2. The lowest BCUT2D eigenvalue weighted by molar-refractivity contribution is -0.136. The third-order valence-electron chi connectivity index (χ3n) is 1.67. The maximum atomic E-state index is 10.3. The summed E-state index contributed by atoms with van der Waals surface area (Å²) in [6, 6.07) is 0.149. The van der Waals surface area contributed by atoms with Crippen LogP contribution < -0.4 is 5.43 Å². The molecule has 2 N–H and O–H groups in total. The SMILES string of the molecule is CC1NN(C)C=C1CC(=O)O. The van der Waals surface area contributed by atoms with Gasteiger partial charge in [-0.05, 0) is 12.5 Å². The highest BCUT2D eigenvalue weighted by Gasteiger charge is 2.18. The molecule has 1 atom stereocenters. The predicted molar refractivity (Wildman–Crippen MR) is 40.7 cm³/mol. The maximum Gasteiger partial charge on any atom is 0.307 e. The van der Waals surface area contributed by atoms with Crippen LogP contribution in [-0.4, -0.2) is 29.2 Å². The van der Waals surface area contributed by atoms with Crippen LogP contribution >= 0.6 is 0 Å². The molecule has 1 aliphatic heterocycles. The number of nitrogens with zero attached hydrogens (tertiary/aromatic N) is 1. The van der Waals surface area contributed by atoms with Gasteiger partial charge >= 0.3 is 5.97 Å². The number of hydrazine groups is 1. The molecule has 11 heavy (non-hydrogen) atoms. The van der Waals surface area contributed by atoms with Crippen molar-refractivity contribution in [1.29, 1.82) is 0 Å². The van der Waals surface area contributed by atoms with E-state index in [1.54, 1.807) is 5.01 Å². The lowest BCUT2D eigenvalue weighted by atomic mass is 10.1. The monoisotopic (exact) mass is 156 g/mol. The largest absolute Gasteiger partial charge is 0.481 e. The molecule has 4 nitrogen and oxygen atoms in total. The van der Waals surface area contributed by atoms with E-state index in [0.29, 0.717) is 0 Å². The van der Waals surface area contributed by atoms with Crippen LogP contribution in [0.2, 0.25) is 0 Å². The first kappa shape index (κ1) is 8.07. The second kappa shape index (κ2) is 2.92. The van der Waals surface area contributed by atoms with Crippen molar-refractivity contribution in [3.8, 4) is 0 Å². The molecule has 0 aromatic heterocycles. The minimum atomic E-state index is -0.778. The van der Waals surface area contributed by atoms with Crippen molar-refractivity contribution in [2.24, 2.45) is 0 Å². The average molecular weight is 156 g/mol. The molecule has 62 valence electrons. The second-order valence-electron chi connectivity index (χ2n) is 2.74. The van der Waals surface area contributed by atoms with E-state index < -0.39 is 5.97 Å². The smallest absolute Gasteiger partial charge is 0.307 e. The zero-order chi connectivity index (χ0) is 8.43. The first-order chi connectivity index (χ1) is 5.09. The molecule has 0 fully saturated rings. The highest BCUT2D eigenvalue weighted by Crippen LogP contribution is 2.13. The molecule has 0 saturated carbocycles.